The molecule has 0 saturated carbocycles. The van der Waals surface area contributed by atoms with Gasteiger partial charge in [0.15, 0.2) is 0 Å². The Balaban J connectivity index is 0.00000154. The third-order valence-corrected chi connectivity index (χ3v) is 3.05. The number of likely N-dealkylation sites (tertiary alicyclic amines) is 1. The van der Waals surface area contributed by atoms with E-state index in [1.54, 1.807) is 4.90 Å². The number of hydrogen-bond acceptors (Lipinski definition) is 3. The fourth-order valence-corrected chi connectivity index (χ4v) is 2.37. The molecule has 1 heterocycles. The molecule has 4 nitrogen and oxygen atoms in total. The van der Waals surface area contributed by atoms with Crippen LogP contribution in [0.4, 0.5) is 4.79 Å². The predicted molar refractivity (Wildman–Crippen MR) is 77.2 cm³/mol. The standard InChI is InChI=1S/C13H23NO3.C2H6/c1-5-7-13(10-15)8-6-9-14(13)11(16)17-12(2,3)4;1-2/h10H,5-9H2,1-4H3;1-2H3. The summed E-state index contributed by atoms with van der Waals surface area (Å²) in [5.41, 5.74) is -1.14. The van der Waals surface area contributed by atoms with Crippen molar-refractivity contribution in [3.05, 3.63) is 0 Å². The molecule has 0 radical (unpaired) electrons. The maximum Gasteiger partial charge on any atom is 0.411 e. The highest BCUT2D eigenvalue weighted by atomic mass is 16.6. The Morgan fingerprint density at radius 1 is 1.37 bits per heavy atom. The van der Waals surface area contributed by atoms with Gasteiger partial charge in [0.2, 0.25) is 0 Å². The van der Waals surface area contributed by atoms with Crippen LogP contribution in [0.1, 0.15) is 67.2 Å². The summed E-state index contributed by atoms with van der Waals surface area (Å²) in [6.45, 7) is 12.2. The minimum Gasteiger partial charge on any atom is -0.444 e. The summed E-state index contributed by atoms with van der Waals surface area (Å²) in [7, 11) is 0. The zero-order chi connectivity index (χ0) is 15.1. The predicted octanol–water partition coefficient (Wildman–Crippen LogP) is 3.78. The average Bonchev–Trinajstić information content (AvgIpc) is 2.74. The summed E-state index contributed by atoms with van der Waals surface area (Å²) < 4.78 is 5.35. The Morgan fingerprint density at radius 2 is 1.95 bits per heavy atom. The number of rotatable bonds is 3. The van der Waals surface area contributed by atoms with E-state index in [0.717, 1.165) is 32.0 Å². The molecule has 1 aliphatic heterocycles. The summed E-state index contributed by atoms with van der Waals surface area (Å²) in [5, 5.41) is 0. The van der Waals surface area contributed by atoms with E-state index in [4.69, 9.17) is 4.74 Å². The maximum absolute atomic E-state index is 12.1. The van der Waals surface area contributed by atoms with Crippen LogP contribution in [0.3, 0.4) is 0 Å². The topological polar surface area (TPSA) is 46.6 Å². The molecular formula is C15H29NO3. The van der Waals surface area contributed by atoms with Crippen molar-refractivity contribution in [2.24, 2.45) is 0 Å². The summed E-state index contributed by atoms with van der Waals surface area (Å²) in [6, 6.07) is 0. The first-order valence-corrected chi connectivity index (χ1v) is 7.31. The van der Waals surface area contributed by atoms with E-state index >= 15 is 0 Å². The molecule has 0 aromatic carbocycles. The van der Waals surface area contributed by atoms with Crippen LogP contribution in [0.5, 0.6) is 0 Å². The van der Waals surface area contributed by atoms with Gasteiger partial charge >= 0.3 is 6.09 Å². The molecule has 0 aromatic heterocycles. The Labute approximate surface area is 117 Å². The van der Waals surface area contributed by atoms with Crippen molar-refractivity contribution in [1.29, 1.82) is 0 Å². The Kier molecular flexibility index (Phi) is 7.09. The minimum absolute atomic E-state index is 0.365. The molecule has 4 heteroatoms. The quantitative estimate of drug-likeness (QED) is 0.734. The highest BCUT2D eigenvalue weighted by Gasteiger charge is 2.44. The molecule has 112 valence electrons. The lowest BCUT2D eigenvalue weighted by Gasteiger charge is -2.34. The van der Waals surface area contributed by atoms with E-state index < -0.39 is 11.1 Å². The van der Waals surface area contributed by atoms with E-state index in [1.165, 1.54) is 0 Å². The van der Waals surface area contributed by atoms with Gasteiger partial charge in [0, 0.05) is 6.54 Å². The van der Waals surface area contributed by atoms with Crippen LogP contribution in [0.25, 0.3) is 0 Å². The fourth-order valence-electron chi connectivity index (χ4n) is 2.37. The molecule has 1 unspecified atom stereocenters. The summed E-state index contributed by atoms with van der Waals surface area (Å²) in [4.78, 5) is 25.0. The third kappa shape index (κ3) is 4.84. The number of hydrogen-bond donors (Lipinski definition) is 0. The molecule has 0 aromatic rings. The van der Waals surface area contributed by atoms with Crippen LogP contribution in [0.15, 0.2) is 0 Å². The van der Waals surface area contributed by atoms with Crippen molar-refractivity contribution in [3.8, 4) is 0 Å². The number of carbonyl (C=O) groups is 2. The normalized spacial score (nSPS) is 22.5. The summed E-state index contributed by atoms with van der Waals surface area (Å²) >= 11 is 0. The zero-order valence-corrected chi connectivity index (χ0v) is 13.3. The van der Waals surface area contributed by atoms with Gasteiger partial charge in [-0.15, -0.1) is 0 Å². The molecule has 1 atom stereocenters. The van der Waals surface area contributed by atoms with Gasteiger partial charge in [-0.05, 0) is 40.0 Å². The number of aldehydes is 1. The largest absolute Gasteiger partial charge is 0.444 e. The van der Waals surface area contributed by atoms with Crippen LogP contribution < -0.4 is 0 Å². The van der Waals surface area contributed by atoms with Crippen molar-refractivity contribution in [1.82, 2.24) is 4.90 Å². The second kappa shape index (κ2) is 7.51. The van der Waals surface area contributed by atoms with Gasteiger partial charge in [0.05, 0.1) is 0 Å². The summed E-state index contributed by atoms with van der Waals surface area (Å²) in [5.74, 6) is 0. The molecule has 0 N–H and O–H groups in total. The van der Waals surface area contributed by atoms with Crippen molar-refractivity contribution >= 4 is 12.4 Å². The van der Waals surface area contributed by atoms with E-state index in [1.807, 2.05) is 41.5 Å². The molecule has 19 heavy (non-hydrogen) atoms. The molecular weight excluding hydrogens is 242 g/mol. The first-order chi connectivity index (χ1) is 8.84. The smallest absolute Gasteiger partial charge is 0.411 e. The lowest BCUT2D eigenvalue weighted by molar-refractivity contribution is -0.117. The molecule has 1 saturated heterocycles. The molecule has 0 spiro atoms. The number of nitrogens with zero attached hydrogens (tertiary/aromatic N) is 1. The maximum atomic E-state index is 12.1. The van der Waals surface area contributed by atoms with Gasteiger partial charge < -0.3 is 9.53 Å². The number of amides is 1. The molecule has 1 rings (SSSR count). The van der Waals surface area contributed by atoms with Gasteiger partial charge in [-0.2, -0.15) is 0 Å². The molecule has 1 amide bonds. The first kappa shape index (κ1) is 17.9. The van der Waals surface area contributed by atoms with Crippen molar-refractivity contribution in [3.63, 3.8) is 0 Å². The van der Waals surface area contributed by atoms with Crippen molar-refractivity contribution < 1.29 is 14.3 Å². The lowest BCUT2D eigenvalue weighted by atomic mass is 9.93. The Bertz CT molecular complexity index is 296. The zero-order valence-electron chi connectivity index (χ0n) is 13.3. The van der Waals surface area contributed by atoms with E-state index in [2.05, 4.69) is 0 Å². The van der Waals surface area contributed by atoms with Gasteiger partial charge in [0.25, 0.3) is 0 Å². The average molecular weight is 271 g/mol. The highest BCUT2D eigenvalue weighted by Crippen LogP contribution is 2.33. The SMILES string of the molecule is CC.CCCC1(C=O)CCCN1C(=O)OC(C)(C)C. The van der Waals surface area contributed by atoms with Gasteiger partial charge in [-0.25, -0.2) is 4.79 Å². The second-order valence-electron chi connectivity index (χ2n) is 5.71. The van der Waals surface area contributed by atoms with E-state index in [0.29, 0.717) is 6.54 Å². The van der Waals surface area contributed by atoms with Crippen molar-refractivity contribution in [2.75, 3.05) is 6.54 Å². The van der Waals surface area contributed by atoms with Crippen LogP contribution in [-0.2, 0) is 9.53 Å². The van der Waals surface area contributed by atoms with Crippen LogP contribution in [0.2, 0.25) is 0 Å². The minimum atomic E-state index is -0.628. The monoisotopic (exact) mass is 271 g/mol. The number of carbonyl (C=O) groups excluding carboxylic acids is 2. The number of ether oxygens (including phenoxy) is 1. The molecule has 0 bridgehead atoms. The first-order valence-electron chi connectivity index (χ1n) is 7.31. The highest BCUT2D eigenvalue weighted by molar-refractivity contribution is 5.77. The van der Waals surface area contributed by atoms with Gasteiger partial charge in [0.1, 0.15) is 17.4 Å². The van der Waals surface area contributed by atoms with Gasteiger partial charge in [-0.3, -0.25) is 4.90 Å². The van der Waals surface area contributed by atoms with E-state index in [9.17, 15) is 9.59 Å². The van der Waals surface area contributed by atoms with Crippen LogP contribution in [0, 0.1) is 0 Å². The Morgan fingerprint density at radius 3 is 2.37 bits per heavy atom. The second-order valence-corrected chi connectivity index (χ2v) is 5.71. The third-order valence-electron chi connectivity index (χ3n) is 3.05. The molecule has 1 fully saturated rings. The Hall–Kier alpha value is -1.06. The van der Waals surface area contributed by atoms with Crippen LogP contribution >= 0.6 is 0 Å². The van der Waals surface area contributed by atoms with Crippen molar-refractivity contribution in [2.45, 2.75) is 78.4 Å². The molecule has 1 aliphatic rings. The fraction of sp³-hybridized carbons (Fsp3) is 0.867. The molecule has 0 aliphatic carbocycles. The van der Waals surface area contributed by atoms with Gasteiger partial charge in [-0.1, -0.05) is 27.2 Å². The van der Waals surface area contributed by atoms with Crippen LogP contribution in [-0.4, -0.2) is 35.0 Å². The van der Waals surface area contributed by atoms with E-state index in [-0.39, 0.29) is 6.09 Å². The summed E-state index contributed by atoms with van der Waals surface area (Å²) in [6.07, 6.45) is 3.79. The lowest BCUT2D eigenvalue weighted by Crippen LogP contribution is -2.50.